The van der Waals surface area contributed by atoms with Crippen molar-refractivity contribution in [1.82, 2.24) is 0 Å². The number of ether oxygens (including phenoxy) is 5. The van der Waals surface area contributed by atoms with Crippen LogP contribution in [0.1, 0.15) is 11.7 Å². The summed E-state index contributed by atoms with van der Waals surface area (Å²) >= 11 is 0. The van der Waals surface area contributed by atoms with E-state index < -0.39 is 127 Å². The molecule has 3 fully saturated rings. The normalized spacial score (nSPS) is 36.6. The molecule has 0 aliphatic carbocycles. The highest BCUT2D eigenvalue weighted by Crippen LogP contribution is 2.45. The van der Waals surface area contributed by atoms with Crippen molar-refractivity contribution in [3.05, 3.63) is 52.2 Å². The van der Waals surface area contributed by atoms with Crippen molar-refractivity contribution < 1.29 is 84.3 Å². The Morgan fingerprint density at radius 2 is 1.39 bits per heavy atom. The Bertz CT molecular complexity index is 1680. The van der Waals surface area contributed by atoms with Gasteiger partial charge in [-0.05, 0) is 24.3 Å². The van der Waals surface area contributed by atoms with E-state index >= 15 is 0 Å². The number of rotatable bonds is 8. The average molecular weight is 697 g/mol. The predicted octanol–water partition coefficient (Wildman–Crippen LogP) is -3.33. The minimum absolute atomic E-state index is 0.00137. The van der Waals surface area contributed by atoms with E-state index in [1.54, 1.807) is 0 Å². The molecule has 3 aromatic rings. The third-order valence-electron chi connectivity index (χ3n) is 8.79. The molecule has 0 spiro atoms. The number of aromatic hydroxyl groups is 2. The third-order valence-corrected chi connectivity index (χ3v) is 8.79. The summed E-state index contributed by atoms with van der Waals surface area (Å²) in [7, 11) is 0. The number of benzene rings is 2. The molecule has 49 heavy (non-hydrogen) atoms. The van der Waals surface area contributed by atoms with Crippen LogP contribution in [0.5, 0.6) is 17.2 Å². The zero-order chi connectivity index (χ0) is 35.3. The summed E-state index contributed by atoms with van der Waals surface area (Å²) in [5.41, 5.74) is -1.13. The van der Waals surface area contributed by atoms with E-state index in [1.807, 2.05) is 0 Å². The Labute approximate surface area is 275 Å². The molecule has 3 aliphatic rings. The molecule has 3 saturated heterocycles. The maximum absolute atomic E-state index is 13.4. The largest absolute Gasteiger partial charge is 0.508 e. The van der Waals surface area contributed by atoms with Crippen LogP contribution >= 0.6 is 0 Å². The molecule has 3 aliphatic heterocycles. The molecule has 11 N–H and O–H groups in total. The topological polar surface area (TPSA) is 299 Å². The summed E-state index contributed by atoms with van der Waals surface area (Å²) in [5.74, 6) is -1.34. The van der Waals surface area contributed by atoms with Crippen molar-refractivity contribution in [2.24, 2.45) is 0 Å². The van der Waals surface area contributed by atoms with Crippen molar-refractivity contribution in [3.8, 4) is 28.6 Å². The van der Waals surface area contributed by atoms with E-state index in [2.05, 4.69) is 0 Å². The van der Waals surface area contributed by atoms with Gasteiger partial charge >= 0.3 is 0 Å². The van der Waals surface area contributed by atoms with Crippen molar-refractivity contribution in [1.29, 1.82) is 0 Å². The summed E-state index contributed by atoms with van der Waals surface area (Å²) in [5, 5.41) is 114. The maximum Gasteiger partial charge on any atom is 0.229 e. The number of hydrogen-bond acceptors (Lipinski definition) is 18. The van der Waals surface area contributed by atoms with Crippen LogP contribution in [0.3, 0.4) is 0 Å². The van der Waals surface area contributed by atoms with Crippen molar-refractivity contribution in [2.75, 3.05) is 19.8 Å². The van der Waals surface area contributed by atoms with Gasteiger partial charge in [0.15, 0.2) is 17.8 Å². The molecule has 13 unspecified atom stereocenters. The van der Waals surface area contributed by atoms with Gasteiger partial charge in [-0.1, -0.05) is 0 Å². The lowest BCUT2D eigenvalue weighted by molar-refractivity contribution is -0.321. The zero-order valence-corrected chi connectivity index (χ0v) is 25.4. The van der Waals surface area contributed by atoms with Crippen LogP contribution in [-0.4, -0.2) is 150 Å². The Balaban J connectivity index is 1.47. The number of hydrogen-bond donors (Lipinski definition) is 11. The van der Waals surface area contributed by atoms with E-state index in [4.69, 9.17) is 28.1 Å². The Kier molecular flexibility index (Phi) is 10.1. The molecule has 2 aromatic carbocycles. The molecule has 0 amide bonds. The Morgan fingerprint density at radius 3 is 2.04 bits per heavy atom. The standard InChI is InChI=1S/C31H36O18/c32-7-17-22(38)26(42)29(49-30-27(43)23(39)18(8-33)47-30)31(48-17)46-16-6-15-19(12(35)5-14(45-15)10-1-3-11(34)4-2-10)24(40)20(16)28-25(41)21(37)13(36)9-44-28/h1-6,13,17-18,21-23,25-34,36-43H,7-9H2. The van der Waals surface area contributed by atoms with Crippen LogP contribution < -0.4 is 10.2 Å². The van der Waals surface area contributed by atoms with E-state index in [1.165, 1.54) is 24.3 Å². The Hall–Kier alpha value is -3.47. The molecule has 6 rings (SSSR count). The number of phenolic OH excluding ortho intramolecular Hbond substituents is 2. The van der Waals surface area contributed by atoms with Gasteiger partial charge in [0.05, 0.1) is 25.4 Å². The van der Waals surface area contributed by atoms with Crippen molar-refractivity contribution in [2.45, 2.75) is 79.7 Å². The molecule has 1 aromatic heterocycles. The first-order valence-electron chi connectivity index (χ1n) is 15.2. The first kappa shape index (κ1) is 35.4. The molecule has 18 heteroatoms. The number of aliphatic hydroxyl groups is 9. The number of phenols is 2. The van der Waals surface area contributed by atoms with Gasteiger partial charge in [-0.2, -0.15) is 0 Å². The minimum atomic E-state index is -1.91. The SMILES string of the molecule is O=c1cc(-c2ccc(O)cc2)oc2cc(OC3OC(CO)C(O)C(O)C3OC3OC(CO)C(O)C3O)c(C3OCC(O)C(O)C3O)c(O)c12. The average Bonchev–Trinajstić information content (AvgIpc) is 3.35. The van der Waals surface area contributed by atoms with Gasteiger partial charge in [0.1, 0.15) is 95.0 Å². The molecule has 268 valence electrons. The van der Waals surface area contributed by atoms with Gasteiger partial charge < -0.3 is 84.3 Å². The van der Waals surface area contributed by atoms with Crippen molar-refractivity contribution >= 4 is 11.0 Å². The fourth-order valence-corrected chi connectivity index (χ4v) is 6.05. The summed E-state index contributed by atoms with van der Waals surface area (Å²) in [6.07, 6.45) is -22.0. The van der Waals surface area contributed by atoms with Crippen LogP contribution in [-0.2, 0) is 18.9 Å². The third kappa shape index (κ3) is 6.48. The van der Waals surface area contributed by atoms with Crippen LogP contribution in [0.4, 0.5) is 0 Å². The molecule has 18 nitrogen and oxygen atoms in total. The van der Waals surface area contributed by atoms with Crippen LogP contribution in [0.15, 0.2) is 45.6 Å². The summed E-state index contributed by atoms with van der Waals surface area (Å²) in [6, 6.07) is 7.78. The fraction of sp³-hybridized carbons (Fsp3) is 0.516. The smallest absolute Gasteiger partial charge is 0.229 e. The van der Waals surface area contributed by atoms with E-state index in [0.717, 1.165) is 12.1 Å². The summed E-state index contributed by atoms with van der Waals surface area (Å²) in [4.78, 5) is 13.4. The van der Waals surface area contributed by atoms with Gasteiger partial charge in [0, 0.05) is 17.7 Å². The van der Waals surface area contributed by atoms with Crippen LogP contribution in [0.25, 0.3) is 22.3 Å². The van der Waals surface area contributed by atoms with Gasteiger partial charge in [-0.3, -0.25) is 4.79 Å². The van der Waals surface area contributed by atoms with E-state index in [9.17, 15) is 61.0 Å². The maximum atomic E-state index is 13.4. The van der Waals surface area contributed by atoms with Crippen LogP contribution in [0, 0.1) is 0 Å². The first-order chi connectivity index (χ1) is 23.3. The quantitative estimate of drug-likeness (QED) is 0.110. The van der Waals surface area contributed by atoms with Gasteiger partial charge in [-0.25, -0.2) is 0 Å². The predicted molar refractivity (Wildman–Crippen MR) is 159 cm³/mol. The summed E-state index contributed by atoms with van der Waals surface area (Å²) < 4.78 is 34.3. The van der Waals surface area contributed by atoms with E-state index in [0.29, 0.717) is 5.56 Å². The molecule has 0 radical (unpaired) electrons. The lowest BCUT2D eigenvalue weighted by Crippen LogP contribution is -2.62. The van der Waals surface area contributed by atoms with Gasteiger partial charge in [0.2, 0.25) is 6.29 Å². The van der Waals surface area contributed by atoms with Gasteiger partial charge in [-0.15, -0.1) is 0 Å². The second-order valence-corrected chi connectivity index (χ2v) is 12.0. The number of fused-ring (bicyclic) bond motifs is 1. The summed E-state index contributed by atoms with van der Waals surface area (Å²) in [6.45, 7) is -2.07. The zero-order valence-electron chi connectivity index (χ0n) is 25.4. The lowest BCUT2D eigenvalue weighted by atomic mass is 9.92. The molecular weight excluding hydrogens is 660 g/mol. The monoisotopic (exact) mass is 696 g/mol. The molecule has 13 atom stereocenters. The second kappa shape index (κ2) is 14.0. The molecule has 0 bridgehead atoms. The second-order valence-electron chi connectivity index (χ2n) is 12.0. The molecular formula is C31H36O18. The van der Waals surface area contributed by atoms with E-state index in [-0.39, 0.29) is 17.1 Å². The fourth-order valence-electron chi connectivity index (χ4n) is 6.05. The minimum Gasteiger partial charge on any atom is -0.508 e. The molecule has 0 saturated carbocycles. The van der Waals surface area contributed by atoms with Gasteiger partial charge in [0.25, 0.3) is 0 Å². The van der Waals surface area contributed by atoms with Crippen LogP contribution in [0.2, 0.25) is 0 Å². The first-order valence-corrected chi connectivity index (χ1v) is 15.2. The highest BCUT2D eigenvalue weighted by molar-refractivity contribution is 5.88. The Morgan fingerprint density at radius 1 is 0.755 bits per heavy atom. The lowest BCUT2D eigenvalue weighted by Gasteiger charge is -2.43. The van der Waals surface area contributed by atoms with Crippen molar-refractivity contribution in [3.63, 3.8) is 0 Å². The molecule has 4 heterocycles. The number of aliphatic hydroxyl groups excluding tert-OH is 9. The highest BCUT2D eigenvalue weighted by atomic mass is 16.8. The highest BCUT2D eigenvalue weighted by Gasteiger charge is 2.52.